The molecule has 0 fully saturated rings. The number of nitrogens with zero attached hydrogens (tertiary/aromatic N) is 1. The quantitative estimate of drug-likeness (QED) is 0.905. The summed E-state index contributed by atoms with van der Waals surface area (Å²) in [5, 5.41) is 2.92. The van der Waals surface area contributed by atoms with Crippen LogP contribution < -0.4 is 5.32 Å². The van der Waals surface area contributed by atoms with Gasteiger partial charge in [0.2, 0.25) is 0 Å². The molecule has 0 atom stereocenters. The Hall–Kier alpha value is -0.870. The SMILES string of the molecule is CCN(C)CCNC(=O)c1cc(C)cc(Br)c1. The lowest BCUT2D eigenvalue weighted by Crippen LogP contribution is -2.32. The van der Waals surface area contributed by atoms with Crippen molar-refractivity contribution < 1.29 is 4.79 Å². The fraction of sp³-hybridized carbons (Fsp3) is 0.462. The second-order valence-electron chi connectivity index (χ2n) is 4.17. The van der Waals surface area contributed by atoms with Gasteiger partial charge >= 0.3 is 0 Å². The van der Waals surface area contributed by atoms with Crippen LogP contribution in [0.3, 0.4) is 0 Å². The standard InChI is InChI=1S/C13H19BrN2O/c1-4-16(3)6-5-15-13(17)11-7-10(2)8-12(14)9-11/h7-9H,4-6H2,1-3H3,(H,15,17). The minimum absolute atomic E-state index is 0.0149. The molecule has 0 spiro atoms. The highest BCUT2D eigenvalue weighted by Gasteiger charge is 2.06. The van der Waals surface area contributed by atoms with Crippen LogP contribution in [-0.2, 0) is 0 Å². The van der Waals surface area contributed by atoms with Crippen molar-refractivity contribution in [2.45, 2.75) is 13.8 Å². The van der Waals surface area contributed by atoms with E-state index in [0.29, 0.717) is 12.1 Å². The molecule has 1 amide bonds. The Labute approximate surface area is 111 Å². The van der Waals surface area contributed by atoms with Crippen molar-refractivity contribution in [3.05, 3.63) is 33.8 Å². The summed E-state index contributed by atoms with van der Waals surface area (Å²) in [4.78, 5) is 14.0. The summed E-state index contributed by atoms with van der Waals surface area (Å²) in [6.45, 7) is 6.61. The third-order valence-electron chi connectivity index (χ3n) is 2.62. The first kappa shape index (κ1) is 14.2. The van der Waals surface area contributed by atoms with Gasteiger partial charge in [-0.1, -0.05) is 22.9 Å². The van der Waals surface area contributed by atoms with Gasteiger partial charge in [-0.3, -0.25) is 4.79 Å². The molecule has 1 aromatic carbocycles. The van der Waals surface area contributed by atoms with Gasteiger partial charge in [0.1, 0.15) is 0 Å². The molecule has 4 heteroatoms. The molecule has 0 bridgehead atoms. The number of carbonyl (C=O) groups excluding carboxylic acids is 1. The average molecular weight is 299 g/mol. The van der Waals surface area contributed by atoms with Gasteiger partial charge in [0.25, 0.3) is 5.91 Å². The van der Waals surface area contributed by atoms with Crippen LogP contribution in [0.2, 0.25) is 0 Å². The second-order valence-corrected chi connectivity index (χ2v) is 5.08. The number of benzene rings is 1. The molecule has 1 rings (SSSR count). The molecule has 1 aromatic rings. The fourth-order valence-electron chi connectivity index (χ4n) is 1.49. The Kier molecular flexibility index (Phi) is 5.65. The molecule has 0 unspecified atom stereocenters. The van der Waals surface area contributed by atoms with Crippen LogP contribution in [0, 0.1) is 6.92 Å². The number of amides is 1. The predicted octanol–water partition coefficient (Wildman–Crippen LogP) is 2.44. The van der Waals surface area contributed by atoms with Crippen LogP contribution in [0.15, 0.2) is 22.7 Å². The zero-order valence-corrected chi connectivity index (χ0v) is 12.2. The maximum absolute atomic E-state index is 11.9. The lowest BCUT2D eigenvalue weighted by molar-refractivity contribution is 0.0950. The lowest BCUT2D eigenvalue weighted by Gasteiger charge is -2.14. The fourth-order valence-corrected chi connectivity index (χ4v) is 2.10. The zero-order valence-electron chi connectivity index (χ0n) is 10.6. The number of rotatable bonds is 5. The summed E-state index contributed by atoms with van der Waals surface area (Å²) >= 11 is 3.40. The van der Waals surface area contributed by atoms with E-state index in [4.69, 9.17) is 0 Å². The number of hydrogen-bond donors (Lipinski definition) is 1. The highest BCUT2D eigenvalue weighted by Crippen LogP contribution is 2.15. The van der Waals surface area contributed by atoms with Crippen molar-refractivity contribution in [2.24, 2.45) is 0 Å². The number of nitrogens with one attached hydrogen (secondary N) is 1. The van der Waals surface area contributed by atoms with E-state index in [9.17, 15) is 4.79 Å². The van der Waals surface area contributed by atoms with Crippen molar-refractivity contribution in [3.8, 4) is 0 Å². The number of hydrogen-bond acceptors (Lipinski definition) is 2. The topological polar surface area (TPSA) is 32.3 Å². The first-order valence-electron chi connectivity index (χ1n) is 5.77. The number of halogens is 1. The molecule has 0 heterocycles. The Morgan fingerprint density at radius 2 is 2.12 bits per heavy atom. The molecule has 94 valence electrons. The van der Waals surface area contributed by atoms with Gasteiger partial charge in [-0.2, -0.15) is 0 Å². The summed E-state index contributed by atoms with van der Waals surface area (Å²) in [6, 6.07) is 5.72. The average Bonchev–Trinajstić information content (AvgIpc) is 2.27. The minimum atomic E-state index is -0.0149. The third kappa shape index (κ3) is 4.88. The van der Waals surface area contributed by atoms with Crippen molar-refractivity contribution in [3.63, 3.8) is 0 Å². The summed E-state index contributed by atoms with van der Waals surface area (Å²) < 4.78 is 0.938. The molecule has 1 N–H and O–H groups in total. The zero-order chi connectivity index (χ0) is 12.8. The van der Waals surface area contributed by atoms with Crippen molar-refractivity contribution >= 4 is 21.8 Å². The first-order valence-corrected chi connectivity index (χ1v) is 6.56. The number of likely N-dealkylation sites (N-methyl/N-ethyl adjacent to an activating group) is 1. The van der Waals surface area contributed by atoms with E-state index in [-0.39, 0.29) is 5.91 Å². The maximum atomic E-state index is 11.9. The summed E-state index contributed by atoms with van der Waals surface area (Å²) in [7, 11) is 2.04. The van der Waals surface area contributed by atoms with Crippen molar-refractivity contribution in [1.29, 1.82) is 0 Å². The highest BCUT2D eigenvalue weighted by atomic mass is 79.9. The monoisotopic (exact) mass is 298 g/mol. The Bertz CT molecular complexity index is 373. The second kappa shape index (κ2) is 6.77. The van der Waals surface area contributed by atoms with Crippen molar-refractivity contribution in [1.82, 2.24) is 10.2 Å². The summed E-state index contributed by atoms with van der Waals surface area (Å²) in [5.74, 6) is -0.0149. The van der Waals surface area contributed by atoms with Crippen LogP contribution >= 0.6 is 15.9 Å². The normalized spacial score (nSPS) is 10.6. The molecule has 0 aliphatic heterocycles. The van der Waals surface area contributed by atoms with Gasteiger partial charge in [-0.15, -0.1) is 0 Å². The lowest BCUT2D eigenvalue weighted by atomic mass is 10.1. The van der Waals surface area contributed by atoms with E-state index >= 15 is 0 Å². The van der Waals surface area contributed by atoms with Crippen LogP contribution in [-0.4, -0.2) is 37.5 Å². The molecule has 0 saturated heterocycles. The molecule has 0 aromatic heterocycles. The molecule has 3 nitrogen and oxygen atoms in total. The molecule has 0 saturated carbocycles. The van der Waals surface area contributed by atoms with Crippen LogP contribution in [0.5, 0.6) is 0 Å². The molecule has 0 aliphatic rings. The van der Waals surface area contributed by atoms with Crippen LogP contribution in [0.25, 0.3) is 0 Å². The van der Waals surface area contributed by atoms with Gasteiger partial charge in [-0.05, 0) is 44.3 Å². The largest absolute Gasteiger partial charge is 0.351 e. The van der Waals surface area contributed by atoms with E-state index in [2.05, 4.69) is 33.1 Å². The number of carbonyl (C=O) groups is 1. The van der Waals surface area contributed by atoms with Crippen molar-refractivity contribution in [2.75, 3.05) is 26.7 Å². The van der Waals surface area contributed by atoms with Crippen LogP contribution in [0.1, 0.15) is 22.8 Å². The van der Waals surface area contributed by atoms with Gasteiger partial charge in [0.05, 0.1) is 0 Å². The first-order chi connectivity index (χ1) is 8.02. The summed E-state index contributed by atoms with van der Waals surface area (Å²) in [6.07, 6.45) is 0. The molecule has 0 radical (unpaired) electrons. The van der Waals surface area contributed by atoms with E-state index in [1.165, 1.54) is 0 Å². The van der Waals surface area contributed by atoms with Gasteiger partial charge in [0, 0.05) is 23.1 Å². The highest BCUT2D eigenvalue weighted by molar-refractivity contribution is 9.10. The predicted molar refractivity (Wildman–Crippen MR) is 74.4 cm³/mol. The van der Waals surface area contributed by atoms with Crippen LogP contribution in [0.4, 0.5) is 0 Å². The smallest absolute Gasteiger partial charge is 0.251 e. The molecular weight excluding hydrogens is 280 g/mol. The Balaban J connectivity index is 2.52. The van der Waals surface area contributed by atoms with E-state index in [1.54, 1.807) is 0 Å². The van der Waals surface area contributed by atoms with E-state index in [0.717, 1.165) is 23.1 Å². The minimum Gasteiger partial charge on any atom is -0.351 e. The molecule has 17 heavy (non-hydrogen) atoms. The maximum Gasteiger partial charge on any atom is 0.251 e. The van der Waals surface area contributed by atoms with Gasteiger partial charge in [0.15, 0.2) is 0 Å². The third-order valence-corrected chi connectivity index (χ3v) is 3.08. The van der Waals surface area contributed by atoms with Gasteiger partial charge in [-0.25, -0.2) is 0 Å². The molecule has 0 aliphatic carbocycles. The van der Waals surface area contributed by atoms with E-state index in [1.807, 2.05) is 32.2 Å². The summed E-state index contributed by atoms with van der Waals surface area (Å²) in [5.41, 5.74) is 1.78. The van der Waals surface area contributed by atoms with E-state index < -0.39 is 0 Å². The molecular formula is C13H19BrN2O. The Morgan fingerprint density at radius 3 is 2.71 bits per heavy atom. The van der Waals surface area contributed by atoms with Gasteiger partial charge < -0.3 is 10.2 Å². The Morgan fingerprint density at radius 1 is 1.41 bits per heavy atom. The number of aryl methyl sites for hydroxylation is 1.